The summed E-state index contributed by atoms with van der Waals surface area (Å²) in [5, 5.41) is 0.994. The van der Waals surface area contributed by atoms with Crippen LogP contribution in [0.3, 0.4) is 0 Å². The molecule has 0 saturated carbocycles. The number of amides is 3. The Hall–Kier alpha value is -2.21. The van der Waals surface area contributed by atoms with Crippen molar-refractivity contribution in [1.29, 1.82) is 0 Å². The lowest BCUT2D eigenvalue weighted by molar-refractivity contribution is -0.172. The maximum atomic E-state index is 12.2. The zero-order valence-corrected chi connectivity index (χ0v) is 10.9. The molecule has 1 aromatic carbocycles. The van der Waals surface area contributed by atoms with Crippen molar-refractivity contribution in [2.24, 2.45) is 0 Å². The molecule has 100 valence electrons. The van der Waals surface area contributed by atoms with E-state index in [4.69, 9.17) is 4.84 Å². The van der Waals surface area contributed by atoms with Gasteiger partial charge in [0.05, 0.1) is 18.2 Å². The van der Waals surface area contributed by atoms with Crippen molar-refractivity contribution in [3.63, 3.8) is 0 Å². The van der Waals surface area contributed by atoms with E-state index in [1.54, 1.807) is 24.3 Å². The van der Waals surface area contributed by atoms with Gasteiger partial charge >= 0.3 is 0 Å². The molecule has 2 rings (SSSR count). The summed E-state index contributed by atoms with van der Waals surface area (Å²) in [4.78, 5) is 42.0. The summed E-state index contributed by atoms with van der Waals surface area (Å²) >= 11 is 0. The molecule has 6 nitrogen and oxygen atoms in total. The van der Waals surface area contributed by atoms with Crippen molar-refractivity contribution in [3.05, 3.63) is 35.4 Å². The largest absolute Gasteiger partial charge is 0.275 e. The van der Waals surface area contributed by atoms with Crippen molar-refractivity contribution >= 4 is 17.7 Å². The molecule has 0 aliphatic carbocycles. The van der Waals surface area contributed by atoms with Crippen LogP contribution in [-0.4, -0.2) is 47.9 Å². The maximum Gasteiger partial charge on any atom is 0.268 e. The van der Waals surface area contributed by atoms with Crippen LogP contribution in [0.4, 0.5) is 0 Å². The molecule has 0 bridgehead atoms. The fourth-order valence-corrected chi connectivity index (χ4v) is 2.02. The number of nitrogens with zero attached hydrogens (tertiary/aromatic N) is 2. The number of imide groups is 1. The third-order valence-corrected chi connectivity index (χ3v) is 3.15. The topological polar surface area (TPSA) is 66.9 Å². The van der Waals surface area contributed by atoms with E-state index in [1.165, 1.54) is 21.1 Å². The van der Waals surface area contributed by atoms with Crippen LogP contribution in [0.1, 0.15) is 27.6 Å². The van der Waals surface area contributed by atoms with E-state index < -0.39 is 23.8 Å². The van der Waals surface area contributed by atoms with Crippen LogP contribution in [0.15, 0.2) is 24.3 Å². The predicted molar refractivity (Wildman–Crippen MR) is 66.2 cm³/mol. The van der Waals surface area contributed by atoms with E-state index in [9.17, 15) is 14.4 Å². The van der Waals surface area contributed by atoms with Crippen LogP contribution >= 0.6 is 0 Å². The lowest BCUT2D eigenvalue weighted by Gasteiger charge is -2.25. The summed E-state index contributed by atoms with van der Waals surface area (Å²) in [6, 6.07) is 5.61. The van der Waals surface area contributed by atoms with Crippen LogP contribution in [0.5, 0.6) is 0 Å². The van der Waals surface area contributed by atoms with Crippen LogP contribution in [-0.2, 0) is 9.63 Å². The molecule has 1 aliphatic heterocycles. The highest BCUT2D eigenvalue weighted by molar-refractivity contribution is 6.22. The molecule has 1 atom stereocenters. The number of carbonyl (C=O) groups excluding carboxylic acids is 3. The second-order valence-electron chi connectivity index (χ2n) is 4.22. The predicted octanol–water partition coefficient (Wildman–Crippen LogP) is 0.691. The Kier molecular flexibility index (Phi) is 3.35. The van der Waals surface area contributed by atoms with Gasteiger partial charge < -0.3 is 0 Å². The first-order valence-corrected chi connectivity index (χ1v) is 5.77. The number of rotatable bonds is 3. The molecular formula is C13H14N2O4. The maximum absolute atomic E-state index is 12.2. The lowest BCUT2D eigenvalue weighted by Crippen LogP contribution is -2.48. The second kappa shape index (κ2) is 4.81. The summed E-state index contributed by atoms with van der Waals surface area (Å²) < 4.78 is 0. The van der Waals surface area contributed by atoms with Crippen LogP contribution in [0.25, 0.3) is 0 Å². The van der Waals surface area contributed by atoms with Crippen LogP contribution in [0.2, 0.25) is 0 Å². The van der Waals surface area contributed by atoms with Gasteiger partial charge in [-0.05, 0) is 19.1 Å². The summed E-state index contributed by atoms with van der Waals surface area (Å²) in [5.41, 5.74) is 0.652. The third-order valence-electron chi connectivity index (χ3n) is 3.15. The van der Waals surface area contributed by atoms with E-state index in [-0.39, 0.29) is 0 Å². The van der Waals surface area contributed by atoms with E-state index >= 15 is 0 Å². The van der Waals surface area contributed by atoms with Gasteiger partial charge in [-0.15, -0.1) is 0 Å². The van der Waals surface area contributed by atoms with Gasteiger partial charge in [-0.25, -0.2) is 5.06 Å². The molecule has 1 aromatic rings. The van der Waals surface area contributed by atoms with Gasteiger partial charge in [0, 0.05) is 7.05 Å². The molecule has 0 saturated heterocycles. The highest BCUT2D eigenvalue weighted by Crippen LogP contribution is 2.24. The number of carbonyl (C=O) groups is 3. The number of benzene rings is 1. The minimum absolute atomic E-state index is 0.326. The number of fused-ring (bicyclic) bond motifs is 1. The third kappa shape index (κ3) is 2.00. The van der Waals surface area contributed by atoms with E-state index in [0.717, 1.165) is 9.96 Å². The summed E-state index contributed by atoms with van der Waals surface area (Å²) in [6.07, 6.45) is 0. The standard InChI is InChI=1S/C13H14N2O4/c1-8(11(16)14(2)19-3)15-12(17)9-6-4-5-7-10(9)13(15)18/h4-8H,1-3H3. The summed E-state index contributed by atoms with van der Waals surface area (Å²) in [6.45, 7) is 1.50. The van der Waals surface area contributed by atoms with Gasteiger partial charge in [-0.3, -0.25) is 24.1 Å². The van der Waals surface area contributed by atoms with Gasteiger partial charge in [0.15, 0.2) is 0 Å². The molecule has 0 spiro atoms. The minimum Gasteiger partial charge on any atom is -0.275 e. The molecule has 19 heavy (non-hydrogen) atoms. The second-order valence-corrected chi connectivity index (χ2v) is 4.22. The summed E-state index contributed by atoms with van der Waals surface area (Å²) in [7, 11) is 2.77. The minimum atomic E-state index is -0.905. The molecule has 1 aliphatic rings. The molecular weight excluding hydrogens is 248 g/mol. The Bertz CT molecular complexity index is 520. The quantitative estimate of drug-likeness (QED) is 0.594. The van der Waals surface area contributed by atoms with E-state index in [0.29, 0.717) is 11.1 Å². The zero-order chi connectivity index (χ0) is 14.2. The molecule has 6 heteroatoms. The van der Waals surface area contributed by atoms with Gasteiger partial charge in [0.1, 0.15) is 6.04 Å². The van der Waals surface area contributed by atoms with Crippen molar-refractivity contribution in [3.8, 4) is 0 Å². The molecule has 0 radical (unpaired) electrons. The highest BCUT2D eigenvalue weighted by Gasteiger charge is 2.41. The van der Waals surface area contributed by atoms with Gasteiger partial charge in [0.2, 0.25) is 0 Å². The number of hydrogen-bond donors (Lipinski definition) is 0. The normalized spacial score (nSPS) is 15.4. The Labute approximate surface area is 110 Å². The van der Waals surface area contributed by atoms with Crippen molar-refractivity contribution in [2.75, 3.05) is 14.2 Å². The number of hydroxylamine groups is 2. The fraction of sp³-hybridized carbons (Fsp3) is 0.308. The Morgan fingerprint density at radius 2 is 1.68 bits per heavy atom. The summed E-state index contributed by atoms with van der Waals surface area (Å²) in [5.74, 6) is -1.37. The fourth-order valence-electron chi connectivity index (χ4n) is 2.02. The molecule has 1 heterocycles. The molecule has 0 aromatic heterocycles. The van der Waals surface area contributed by atoms with Gasteiger partial charge in [-0.1, -0.05) is 12.1 Å². The average molecular weight is 262 g/mol. The highest BCUT2D eigenvalue weighted by atomic mass is 16.7. The Morgan fingerprint density at radius 1 is 1.21 bits per heavy atom. The Morgan fingerprint density at radius 3 is 2.11 bits per heavy atom. The van der Waals surface area contributed by atoms with Gasteiger partial charge in [-0.2, -0.15) is 0 Å². The first kappa shape index (κ1) is 13.2. The van der Waals surface area contributed by atoms with Crippen LogP contribution < -0.4 is 0 Å². The van der Waals surface area contributed by atoms with Crippen LogP contribution in [0, 0.1) is 0 Å². The first-order chi connectivity index (χ1) is 8.99. The molecule has 3 amide bonds. The van der Waals surface area contributed by atoms with Gasteiger partial charge in [0.25, 0.3) is 17.7 Å². The van der Waals surface area contributed by atoms with Crippen molar-refractivity contribution in [1.82, 2.24) is 9.96 Å². The SMILES string of the molecule is CON(C)C(=O)C(C)N1C(=O)c2ccccc2C1=O. The average Bonchev–Trinajstić information content (AvgIpc) is 2.69. The lowest BCUT2D eigenvalue weighted by atomic mass is 10.1. The first-order valence-electron chi connectivity index (χ1n) is 5.77. The van der Waals surface area contributed by atoms with E-state index in [2.05, 4.69) is 0 Å². The molecule has 0 fully saturated rings. The zero-order valence-electron chi connectivity index (χ0n) is 10.9. The number of likely N-dealkylation sites (N-methyl/N-ethyl adjacent to an activating group) is 1. The van der Waals surface area contributed by atoms with E-state index in [1.807, 2.05) is 0 Å². The monoisotopic (exact) mass is 262 g/mol. The van der Waals surface area contributed by atoms with Crippen molar-refractivity contribution in [2.45, 2.75) is 13.0 Å². The smallest absolute Gasteiger partial charge is 0.268 e. The molecule has 1 unspecified atom stereocenters. The Balaban J connectivity index is 2.32. The van der Waals surface area contributed by atoms with Crippen molar-refractivity contribution < 1.29 is 19.2 Å². The molecule has 0 N–H and O–H groups in total. The number of hydrogen-bond acceptors (Lipinski definition) is 4.